The van der Waals surface area contributed by atoms with Crippen LogP contribution in [0.5, 0.6) is 0 Å². The first-order valence-corrected chi connectivity index (χ1v) is 13.1. The van der Waals surface area contributed by atoms with Crippen LogP contribution in [-0.4, -0.2) is 19.5 Å². The quantitative estimate of drug-likeness (QED) is 0.235. The summed E-state index contributed by atoms with van der Waals surface area (Å²) in [5.74, 6) is 1.67. The van der Waals surface area contributed by atoms with Crippen LogP contribution in [0.4, 0.5) is 0 Å². The fourth-order valence-corrected chi connectivity index (χ4v) is 5.29. The first-order chi connectivity index (χ1) is 20.2. The second kappa shape index (κ2) is 9.89. The van der Waals surface area contributed by atoms with Gasteiger partial charge in [0.2, 0.25) is 5.95 Å². The SMILES string of the molecule is N#Cc1cccc(C#N)c1-c1ccc2c(c1)c1ccccc1n2-c1nc(-c2ccccc2)nc(-c2ccccc2)n1. The van der Waals surface area contributed by atoms with Crippen molar-refractivity contribution >= 4 is 21.8 Å². The number of benzene rings is 5. The Morgan fingerprint density at radius 3 is 1.66 bits per heavy atom. The molecule has 0 radical (unpaired) electrons. The molecule has 6 nitrogen and oxygen atoms in total. The normalized spacial score (nSPS) is 10.9. The molecular formula is C35H20N6. The predicted molar refractivity (Wildman–Crippen MR) is 160 cm³/mol. The maximum absolute atomic E-state index is 9.79. The molecule has 2 aromatic heterocycles. The fraction of sp³-hybridized carbons (Fsp3) is 0. The molecule has 7 rings (SSSR count). The van der Waals surface area contributed by atoms with Crippen LogP contribution in [0, 0.1) is 22.7 Å². The van der Waals surface area contributed by atoms with E-state index in [1.807, 2.05) is 97.1 Å². The minimum absolute atomic E-state index is 0.463. The lowest BCUT2D eigenvalue weighted by Crippen LogP contribution is -2.06. The zero-order chi connectivity index (χ0) is 27.8. The maximum atomic E-state index is 9.79. The van der Waals surface area contributed by atoms with E-state index in [0.29, 0.717) is 34.3 Å². The van der Waals surface area contributed by atoms with Gasteiger partial charge in [-0.1, -0.05) is 91.0 Å². The van der Waals surface area contributed by atoms with E-state index < -0.39 is 0 Å². The van der Waals surface area contributed by atoms with Crippen molar-refractivity contribution in [3.05, 3.63) is 132 Å². The zero-order valence-electron chi connectivity index (χ0n) is 21.7. The Morgan fingerprint density at radius 2 is 1.05 bits per heavy atom. The molecule has 6 heteroatoms. The third kappa shape index (κ3) is 4.08. The smallest absolute Gasteiger partial charge is 0.238 e. The van der Waals surface area contributed by atoms with Crippen molar-refractivity contribution in [3.63, 3.8) is 0 Å². The molecule has 190 valence electrons. The van der Waals surface area contributed by atoms with Gasteiger partial charge in [0.25, 0.3) is 0 Å². The molecular weight excluding hydrogens is 504 g/mol. The Balaban J connectivity index is 1.52. The molecule has 0 unspecified atom stereocenters. The molecule has 0 atom stereocenters. The summed E-state index contributed by atoms with van der Waals surface area (Å²) in [6, 6.07) is 43.6. The summed E-state index contributed by atoms with van der Waals surface area (Å²) < 4.78 is 2.05. The fourth-order valence-electron chi connectivity index (χ4n) is 5.29. The molecule has 0 amide bonds. The van der Waals surface area contributed by atoms with Crippen LogP contribution >= 0.6 is 0 Å². The first-order valence-electron chi connectivity index (χ1n) is 13.1. The van der Waals surface area contributed by atoms with Gasteiger partial charge in [-0.2, -0.15) is 20.5 Å². The van der Waals surface area contributed by atoms with E-state index in [0.717, 1.165) is 38.5 Å². The van der Waals surface area contributed by atoms with Gasteiger partial charge >= 0.3 is 0 Å². The third-order valence-corrected chi connectivity index (χ3v) is 7.15. The molecule has 0 aliphatic carbocycles. The van der Waals surface area contributed by atoms with E-state index >= 15 is 0 Å². The number of fused-ring (bicyclic) bond motifs is 3. The summed E-state index contributed by atoms with van der Waals surface area (Å²) in [5, 5.41) is 21.6. The lowest BCUT2D eigenvalue weighted by molar-refractivity contribution is 0.953. The van der Waals surface area contributed by atoms with Crippen LogP contribution in [0.25, 0.3) is 61.7 Å². The zero-order valence-corrected chi connectivity index (χ0v) is 21.7. The number of aromatic nitrogens is 4. The van der Waals surface area contributed by atoms with Crippen molar-refractivity contribution in [1.82, 2.24) is 19.5 Å². The van der Waals surface area contributed by atoms with Gasteiger partial charge in [-0.05, 0) is 35.9 Å². The minimum atomic E-state index is 0.463. The standard InChI is InChI=1S/C35H20N6/c36-21-26-14-9-15-27(22-37)32(26)25-18-19-31-29(20-25)28-16-7-8-17-30(28)41(31)35-39-33(23-10-3-1-4-11-23)38-34(40-35)24-12-5-2-6-13-24/h1-20H. The van der Waals surface area contributed by atoms with Crippen molar-refractivity contribution in [1.29, 1.82) is 10.5 Å². The number of nitriles is 2. The summed E-state index contributed by atoms with van der Waals surface area (Å²) in [5.41, 5.74) is 6.01. The molecule has 0 aliphatic rings. The van der Waals surface area contributed by atoms with Crippen LogP contribution in [-0.2, 0) is 0 Å². The van der Waals surface area contributed by atoms with Gasteiger partial charge < -0.3 is 0 Å². The van der Waals surface area contributed by atoms with Crippen molar-refractivity contribution in [2.24, 2.45) is 0 Å². The number of nitrogens with zero attached hydrogens (tertiary/aromatic N) is 6. The highest BCUT2D eigenvalue weighted by molar-refractivity contribution is 6.10. The van der Waals surface area contributed by atoms with Crippen LogP contribution < -0.4 is 0 Å². The average molecular weight is 525 g/mol. The topological polar surface area (TPSA) is 91.2 Å². The average Bonchev–Trinajstić information content (AvgIpc) is 3.38. The Hall–Kier alpha value is -6.11. The van der Waals surface area contributed by atoms with Crippen molar-refractivity contribution in [3.8, 4) is 52.0 Å². The van der Waals surface area contributed by atoms with E-state index in [2.05, 4.69) is 22.8 Å². The predicted octanol–water partition coefficient (Wildman–Crippen LogP) is 7.71. The largest absolute Gasteiger partial charge is 0.278 e. The molecule has 0 aliphatic heterocycles. The highest BCUT2D eigenvalue weighted by Crippen LogP contribution is 2.36. The molecule has 5 aromatic carbocycles. The van der Waals surface area contributed by atoms with E-state index in [-0.39, 0.29) is 0 Å². The first kappa shape index (κ1) is 24.0. The van der Waals surface area contributed by atoms with Crippen molar-refractivity contribution in [2.45, 2.75) is 0 Å². The Kier molecular flexibility index (Phi) is 5.78. The number of rotatable bonds is 4. The van der Waals surface area contributed by atoms with E-state index in [9.17, 15) is 10.5 Å². The van der Waals surface area contributed by atoms with Gasteiger partial charge in [0.05, 0.1) is 34.3 Å². The van der Waals surface area contributed by atoms with Crippen molar-refractivity contribution < 1.29 is 0 Å². The maximum Gasteiger partial charge on any atom is 0.238 e. The van der Waals surface area contributed by atoms with Gasteiger partial charge in [-0.3, -0.25) is 4.57 Å². The van der Waals surface area contributed by atoms with Crippen LogP contribution in [0.1, 0.15) is 11.1 Å². The molecule has 41 heavy (non-hydrogen) atoms. The summed E-state index contributed by atoms with van der Waals surface area (Å²) in [6.07, 6.45) is 0. The monoisotopic (exact) mass is 524 g/mol. The lowest BCUT2D eigenvalue weighted by atomic mass is 9.94. The lowest BCUT2D eigenvalue weighted by Gasteiger charge is -2.11. The van der Waals surface area contributed by atoms with E-state index in [4.69, 9.17) is 15.0 Å². The minimum Gasteiger partial charge on any atom is -0.278 e. The third-order valence-electron chi connectivity index (χ3n) is 7.15. The van der Waals surface area contributed by atoms with Gasteiger partial charge in [-0.25, -0.2) is 4.98 Å². The van der Waals surface area contributed by atoms with Crippen molar-refractivity contribution in [2.75, 3.05) is 0 Å². The molecule has 0 bridgehead atoms. The number of hydrogen-bond donors (Lipinski definition) is 0. The molecule has 0 saturated heterocycles. The highest BCUT2D eigenvalue weighted by atomic mass is 15.2. The van der Waals surface area contributed by atoms with Gasteiger partial charge in [0.15, 0.2) is 11.6 Å². The van der Waals surface area contributed by atoms with Gasteiger partial charge in [0, 0.05) is 27.5 Å². The molecule has 0 N–H and O–H groups in total. The Morgan fingerprint density at radius 1 is 0.488 bits per heavy atom. The molecule has 0 saturated carbocycles. The molecule has 0 fully saturated rings. The summed E-state index contributed by atoms with van der Waals surface area (Å²) in [4.78, 5) is 14.8. The highest BCUT2D eigenvalue weighted by Gasteiger charge is 2.19. The van der Waals surface area contributed by atoms with Crippen LogP contribution in [0.15, 0.2) is 121 Å². The number of hydrogen-bond acceptors (Lipinski definition) is 5. The van der Waals surface area contributed by atoms with Gasteiger partial charge in [-0.15, -0.1) is 0 Å². The summed E-state index contributed by atoms with van der Waals surface area (Å²) in [6.45, 7) is 0. The van der Waals surface area contributed by atoms with E-state index in [1.54, 1.807) is 18.2 Å². The summed E-state index contributed by atoms with van der Waals surface area (Å²) >= 11 is 0. The van der Waals surface area contributed by atoms with E-state index in [1.165, 1.54) is 0 Å². The van der Waals surface area contributed by atoms with Gasteiger partial charge in [0.1, 0.15) is 0 Å². The second-order valence-electron chi connectivity index (χ2n) is 9.55. The molecule has 2 heterocycles. The summed E-state index contributed by atoms with van der Waals surface area (Å²) in [7, 11) is 0. The second-order valence-corrected chi connectivity index (χ2v) is 9.55. The Bertz CT molecular complexity index is 2080. The number of para-hydroxylation sites is 1. The van der Waals surface area contributed by atoms with Crippen LogP contribution in [0.3, 0.4) is 0 Å². The molecule has 7 aromatic rings. The Labute approximate surface area is 236 Å². The molecule has 0 spiro atoms. The van der Waals surface area contributed by atoms with Crippen LogP contribution in [0.2, 0.25) is 0 Å².